The molecule has 0 aliphatic heterocycles. The Morgan fingerprint density at radius 3 is 2.62 bits per heavy atom. The van der Waals surface area contributed by atoms with E-state index >= 15 is 0 Å². The summed E-state index contributed by atoms with van der Waals surface area (Å²) in [6.07, 6.45) is 7.82. The van der Waals surface area contributed by atoms with Crippen molar-refractivity contribution in [1.82, 2.24) is 0 Å². The molecule has 0 amide bonds. The van der Waals surface area contributed by atoms with E-state index in [-0.39, 0.29) is 18.4 Å². The van der Waals surface area contributed by atoms with Gasteiger partial charge in [-0.3, -0.25) is 4.57 Å². The summed E-state index contributed by atoms with van der Waals surface area (Å²) in [7, 11) is -2.96. The van der Waals surface area contributed by atoms with E-state index in [1.54, 1.807) is 12.2 Å². The van der Waals surface area contributed by atoms with Crippen molar-refractivity contribution in [1.29, 1.82) is 0 Å². The molecule has 7 heteroatoms. The quantitative estimate of drug-likeness (QED) is 0.247. The van der Waals surface area contributed by atoms with Crippen molar-refractivity contribution in [3.8, 4) is 5.75 Å². The molecule has 1 saturated carbocycles. The molecule has 0 spiro atoms. The Morgan fingerprint density at radius 2 is 1.93 bits per heavy atom. The Morgan fingerprint density at radius 1 is 1.21 bits per heavy atom. The van der Waals surface area contributed by atoms with Crippen LogP contribution in [0.5, 0.6) is 5.75 Å². The van der Waals surface area contributed by atoms with Gasteiger partial charge in [0.15, 0.2) is 7.37 Å². The molecule has 1 fully saturated rings. The first kappa shape index (κ1) is 23.8. The third-order valence-corrected chi connectivity index (χ3v) is 6.30. The van der Waals surface area contributed by atoms with E-state index in [4.69, 9.17) is 4.74 Å². The van der Waals surface area contributed by atoms with Crippen LogP contribution in [0.2, 0.25) is 0 Å². The zero-order valence-electron chi connectivity index (χ0n) is 16.9. The van der Waals surface area contributed by atoms with Crippen molar-refractivity contribution in [2.24, 2.45) is 11.8 Å². The van der Waals surface area contributed by atoms with Crippen LogP contribution in [0.1, 0.15) is 25.7 Å². The summed E-state index contributed by atoms with van der Waals surface area (Å²) in [4.78, 5) is 9.29. The molecule has 0 heterocycles. The van der Waals surface area contributed by atoms with Crippen LogP contribution in [0.25, 0.3) is 0 Å². The van der Waals surface area contributed by atoms with E-state index in [0.717, 1.165) is 0 Å². The minimum Gasteiger partial charge on any atom is -0.491 e. The molecule has 6 atom stereocenters. The highest BCUT2D eigenvalue weighted by Crippen LogP contribution is 2.37. The fourth-order valence-electron chi connectivity index (χ4n) is 3.59. The topological polar surface area (TPSA) is 107 Å². The average Bonchev–Trinajstić information content (AvgIpc) is 2.93. The van der Waals surface area contributed by atoms with Crippen molar-refractivity contribution in [3.05, 3.63) is 54.6 Å². The molecule has 0 aromatic heterocycles. The molecule has 1 aliphatic carbocycles. The van der Waals surface area contributed by atoms with E-state index < -0.39 is 25.7 Å². The van der Waals surface area contributed by atoms with Gasteiger partial charge in [0.05, 0.1) is 12.2 Å². The maximum absolute atomic E-state index is 11.3. The highest BCUT2D eigenvalue weighted by Gasteiger charge is 2.39. The van der Waals surface area contributed by atoms with Crippen LogP contribution in [0.4, 0.5) is 0 Å². The first-order valence-corrected chi connectivity index (χ1v) is 12.4. The molecule has 1 aromatic rings. The summed E-state index contributed by atoms with van der Waals surface area (Å²) in [5, 5.41) is 30.7. The number of para-hydroxylation sites is 1. The smallest absolute Gasteiger partial charge is 0.197 e. The van der Waals surface area contributed by atoms with E-state index in [1.165, 1.54) is 6.66 Å². The lowest BCUT2D eigenvalue weighted by Crippen LogP contribution is -2.21. The molecule has 2 unspecified atom stereocenters. The number of ether oxygens (including phenoxy) is 1. The lowest BCUT2D eigenvalue weighted by molar-refractivity contribution is 0.120. The van der Waals surface area contributed by atoms with E-state index in [1.807, 2.05) is 42.5 Å². The van der Waals surface area contributed by atoms with Crippen molar-refractivity contribution < 1.29 is 29.5 Å². The second-order valence-electron chi connectivity index (χ2n) is 7.81. The van der Waals surface area contributed by atoms with Gasteiger partial charge in [-0.05, 0) is 37.3 Å². The van der Waals surface area contributed by atoms with Gasteiger partial charge in [-0.15, -0.1) is 0 Å². The van der Waals surface area contributed by atoms with Gasteiger partial charge in [0, 0.05) is 25.2 Å². The Labute approximate surface area is 173 Å². The van der Waals surface area contributed by atoms with Gasteiger partial charge in [-0.25, -0.2) is 0 Å². The molecule has 162 valence electrons. The van der Waals surface area contributed by atoms with E-state index in [9.17, 15) is 24.8 Å². The third-order valence-electron chi connectivity index (χ3n) is 5.15. The monoisotopic (exact) mass is 424 g/mol. The van der Waals surface area contributed by atoms with Gasteiger partial charge in [-0.2, -0.15) is 0 Å². The van der Waals surface area contributed by atoms with E-state index in [2.05, 4.69) is 0 Å². The summed E-state index contributed by atoms with van der Waals surface area (Å²) < 4.78 is 16.8. The molecule has 4 N–H and O–H groups in total. The van der Waals surface area contributed by atoms with Crippen LogP contribution in [0.3, 0.4) is 0 Å². The Balaban J connectivity index is 1.81. The van der Waals surface area contributed by atoms with Gasteiger partial charge in [0.25, 0.3) is 0 Å². The van der Waals surface area contributed by atoms with Crippen LogP contribution in [-0.4, -0.2) is 58.0 Å². The summed E-state index contributed by atoms with van der Waals surface area (Å²) in [6.45, 7) is 1.48. The maximum atomic E-state index is 11.3. The predicted molar refractivity (Wildman–Crippen MR) is 114 cm³/mol. The Kier molecular flexibility index (Phi) is 9.60. The maximum Gasteiger partial charge on any atom is 0.197 e. The molecule has 0 bridgehead atoms. The first-order chi connectivity index (χ1) is 13.8. The largest absolute Gasteiger partial charge is 0.491 e. The molecule has 1 aromatic carbocycles. The van der Waals surface area contributed by atoms with Gasteiger partial charge in [0.1, 0.15) is 18.5 Å². The zero-order valence-corrected chi connectivity index (χ0v) is 17.8. The van der Waals surface area contributed by atoms with Crippen LogP contribution in [-0.2, 0) is 4.57 Å². The number of benzene rings is 1. The van der Waals surface area contributed by atoms with Crippen LogP contribution in [0, 0.1) is 11.8 Å². The average molecular weight is 424 g/mol. The van der Waals surface area contributed by atoms with Crippen LogP contribution in [0.15, 0.2) is 54.6 Å². The van der Waals surface area contributed by atoms with Crippen LogP contribution >= 0.6 is 7.37 Å². The SMILES string of the molecule is CP(=O)(O)CCCC=CC[C@@H]1[C@@H](C=CC(O)COc2ccccc2)[C@H](O)C[C@@H]1O. The lowest BCUT2D eigenvalue weighted by atomic mass is 9.89. The minimum absolute atomic E-state index is 0.114. The zero-order chi connectivity index (χ0) is 21.3. The third kappa shape index (κ3) is 8.85. The van der Waals surface area contributed by atoms with Crippen molar-refractivity contribution >= 4 is 7.37 Å². The second-order valence-corrected chi connectivity index (χ2v) is 10.4. The van der Waals surface area contributed by atoms with Gasteiger partial charge in [-0.1, -0.05) is 42.5 Å². The molecule has 0 saturated heterocycles. The number of hydrogen-bond donors (Lipinski definition) is 4. The molecular formula is C22H33O6P. The predicted octanol–water partition coefficient (Wildman–Crippen LogP) is 2.97. The molecule has 2 rings (SSSR count). The highest BCUT2D eigenvalue weighted by atomic mass is 31.2. The first-order valence-electron chi connectivity index (χ1n) is 10.1. The van der Waals surface area contributed by atoms with Crippen molar-refractivity contribution in [2.75, 3.05) is 19.4 Å². The minimum atomic E-state index is -2.96. The molecule has 0 radical (unpaired) electrons. The molecule has 29 heavy (non-hydrogen) atoms. The number of rotatable bonds is 11. The summed E-state index contributed by atoms with van der Waals surface area (Å²) >= 11 is 0. The number of allylic oxidation sites excluding steroid dienone is 2. The number of aliphatic hydroxyl groups is 3. The summed E-state index contributed by atoms with van der Waals surface area (Å²) in [5.74, 6) is 0.309. The second kappa shape index (κ2) is 11.7. The van der Waals surface area contributed by atoms with Gasteiger partial charge < -0.3 is 24.9 Å². The molecular weight excluding hydrogens is 391 g/mol. The lowest BCUT2D eigenvalue weighted by Gasteiger charge is -2.19. The fraction of sp³-hybridized carbons (Fsp3) is 0.545. The van der Waals surface area contributed by atoms with Gasteiger partial charge in [0.2, 0.25) is 0 Å². The van der Waals surface area contributed by atoms with Crippen molar-refractivity contribution in [3.63, 3.8) is 0 Å². The highest BCUT2D eigenvalue weighted by molar-refractivity contribution is 7.57. The molecule has 6 nitrogen and oxygen atoms in total. The number of hydrogen-bond acceptors (Lipinski definition) is 5. The van der Waals surface area contributed by atoms with Crippen molar-refractivity contribution in [2.45, 2.75) is 44.0 Å². The van der Waals surface area contributed by atoms with Crippen LogP contribution < -0.4 is 4.74 Å². The standard InChI is InChI=1S/C22H33O6P/c1-29(26,27)14-8-3-2-7-11-19-20(22(25)15-21(19)24)13-12-17(23)16-28-18-9-5-4-6-10-18/h2,4-7,9-10,12-13,17,19-25H,3,8,11,14-16H2,1H3,(H,26,27)/t17?,19-,20-,21+,22-/m1/s1. The van der Waals surface area contributed by atoms with Gasteiger partial charge >= 0.3 is 0 Å². The number of unbranched alkanes of at least 4 members (excludes halogenated alkanes) is 1. The number of aliphatic hydroxyl groups excluding tert-OH is 3. The normalized spacial score (nSPS) is 28.0. The Bertz CT molecular complexity index is 699. The molecule has 1 aliphatic rings. The fourth-order valence-corrected chi connectivity index (χ4v) is 4.36. The summed E-state index contributed by atoms with van der Waals surface area (Å²) in [6, 6.07) is 9.23. The summed E-state index contributed by atoms with van der Waals surface area (Å²) in [5.41, 5.74) is 0. The Hall–Kier alpha value is -1.43. The van der Waals surface area contributed by atoms with E-state index in [0.29, 0.717) is 37.6 Å².